The van der Waals surface area contributed by atoms with Crippen LogP contribution in [0.3, 0.4) is 0 Å². The highest BCUT2D eigenvalue weighted by atomic mass is 79.9. The van der Waals surface area contributed by atoms with E-state index in [1.54, 1.807) is 0 Å². The number of halogens is 2. The first-order valence-electron chi connectivity index (χ1n) is 3.19. The zero-order chi connectivity index (χ0) is 7.66. The maximum Gasteiger partial charge on any atom is 0.0700 e. The summed E-state index contributed by atoms with van der Waals surface area (Å²) >= 11 is 6.52. The maximum atomic E-state index is 5.14. The fourth-order valence-corrected chi connectivity index (χ4v) is 0.889. The van der Waals surface area contributed by atoms with Crippen LogP contribution in [-0.2, 0) is 9.47 Å². The molecule has 0 N–H and O–H groups in total. The molecule has 0 aliphatic heterocycles. The number of ether oxygens (including phenoxy) is 2. The van der Waals surface area contributed by atoms with Crippen molar-refractivity contribution < 1.29 is 9.47 Å². The zero-order valence-corrected chi connectivity index (χ0v) is 8.99. The summed E-state index contributed by atoms with van der Waals surface area (Å²) in [5.41, 5.74) is 0. The van der Waals surface area contributed by atoms with Crippen LogP contribution < -0.4 is 0 Å². The first kappa shape index (κ1) is 10.9. The average molecular weight is 276 g/mol. The summed E-state index contributed by atoms with van der Waals surface area (Å²) in [4.78, 5) is 0. The van der Waals surface area contributed by atoms with Gasteiger partial charge in [0.15, 0.2) is 0 Å². The van der Waals surface area contributed by atoms with Crippen LogP contribution in [0, 0.1) is 0 Å². The van der Waals surface area contributed by atoms with Crippen LogP contribution >= 0.6 is 31.9 Å². The van der Waals surface area contributed by atoms with Crippen LogP contribution in [0.4, 0.5) is 0 Å². The third kappa shape index (κ3) is 8.88. The zero-order valence-electron chi connectivity index (χ0n) is 5.82. The Balaban J connectivity index is 2.65. The number of hydrogen-bond donors (Lipinski definition) is 0. The standard InChI is InChI=1S/C6H12Br2O2/c7-1-3-9-5-6-10-4-2-8/h1-6H2. The third-order valence-corrected chi connectivity index (χ3v) is 1.46. The van der Waals surface area contributed by atoms with Crippen molar-refractivity contribution >= 4 is 31.9 Å². The first-order valence-corrected chi connectivity index (χ1v) is 5.43. The van der Waals surface area contributed by atoms with Crippen molar-refractivity contribution in [2.45, 2.75) is 0 Å². The molecule has 0 atom stereocenters. The summed E-state index contributed by atoms with van der Waals surface area (Å²) in [5, 5.41) is 1.79. The van der Waals surface area contributed by atoms with E-state index in [-0.39, 0.29) is 0 Å². The van der Waals surface area contributed by atoms with Gasteiger partial charge in [0, 0.05) is 10.7 Å². The van der Waals surface area contributed by atoms with Gasteiger partial charge in [0.2, 0.25) is 0 Å². The molecule has 0 rings (SSSR count). The molecule has 0 aliphatic rings. The van der Waals surface area contributed by atoms with Gasteiger partial charge >= 0.3 is 0 Å². The SMILES string of the molecule is BrCCOCCOCCBr. The molecular weight excluding hydrogens is 264 g/mol. The van der Waals surface area contributed by atoms with Crippen molar-refractivity contribution in [3.8, 4) is 0 Å². The molecule has 0 aromatic carbocycles. The van der Waals surface area contributed by atoms with E-state index in [1.165, 1.54) is 0 Å². The number of rotatable bonds is 7. The van der Waals surface area contributed by atoms with Crippen molar-refractivity contribution in [3.63, 3.8) is 0 Å². The molecule has 0 spiro atoms. The normalized spacial score (nSPS) is 10.2. The Morgan fingerprint density at radius 1 is 0.700 bits per heavy atom. The van der Waals surface area contributed by atoms with Crippen molar-refractivity contribution in [2.75, 3.05) is 37.1 Å². The Hall–Kier alpha value is 0.880. The lowest BCUT2D eigenvalue weighted by Gasteiger charge is -2.01. The molecule has 0 aromatic heterocycles. The van der Waals surface area contributed by atoms with Crippen molar-refractivity contribution in [1.82, 2.24) is 0 Å². The van der Waals surface area contributed by atoms with Crippen LogP contribution in [0.15, 0.2) is 0 Å². The summed E-state index contributed by atoms with van der Waals surface area (Å²) in [6, 6.07) is 0. The minimum atomic E-state index is 0.693. The number of alkyl halides is 2. The van der Waals surface area contributed by atoms with Crippen molar-refractivity contribution in [2.24, 2.45) is 0 Å². The summed E-state index contributed by atoms with van der Waals surface area (Å²) in [6.07, 6.45) is 0. The largest absolute Gasteiger partial charge is 0.378 e. The maximum absolute atomic E-state index is 5.14. The molecule has 0 aliphatic carbocycles. The monoisotopic (exact) mass is 274 g/mol. The van der Waals surface area contributed by atoms with E-state index in [1.807, 2.05) is 0 Å². The Morgan fingerprint density at radius 2 is 1.10 bits per heavy atom. The molecule has 0 aromatic rings. The molecule has 0 heterocycles. The summed E-state index contributed by atoms with van der Waals surface area (Å²) in [7, 11) is 0. The second-order valence-electron chi connectivity index (χ2n) is 1.60. The van der Waals surface area contributed by atoms with Crippen molar-refractivity contribution in [1.29, 1.82) is 0 Å². The van der Waals surface area contributed by atoms with Gasteiger partial charge in [0.25, 0.3) is 0 Å². The van der Waals surface area contributed by atoms with Crippen LogP contribution in [0.5, 0.6) is 0 Å². The molecule has 4 heteroatoms. The van der Waals surface area contributed by atoms with E-state index in [0.29, 0.717) is 13.2 Å². The van der Waals surface area contributed by atoms with E-state index in [2.05, 4.69) is 31.9 Å². The fourth-order valence-electron chi connectivity index (χ4n) is 0.431. The van der Waals surface area contributed by atoms with Crippen LogP contribution in [0.2, 0.25) is 0 Å². The second-order valence-corrected chi connectivity index (χ2v) is 3.19. The lowest BCUT2D eigenvalue weighted by molar-refractivity contribution is 0.0610. The van der Waals surface area contributed by atoms with Crippen LogP contribution in [-0.4, -0.2) is 37.1 Å². The van der Waals surface area contributed by atoms with E-state index >= 15 is 0 Å². The Kier molecular flexibility index (Phi) is 10.7. The van der Waals surface area contributed by atoms with Gasteiger partial charge in [-0.15, -0.1) is 0 Å². The van der Waals surface area contributed by atoms with Crippen LogP contribution in [0.25, 0.3) is 0 Å². The van der Waals surface area contributed by atoms with Crippen LogP contribution in [0.1, 0.15) is 0 Å². The minimum absolute atomic E-state index is 0.693. The topological polar surface area (TPSA) is 18.5 Å². The van der Waals surface area contributed by atoms with E-state index in [4.69, 9.17) is 9.47 Å². The Bertz CT molecular complexity index is 53.7. The molecule has 0 bridgehead atoms. The molecule has 0 saturated heterocycles. The predicted molar refractivity (Wildman–Crippen MR) is 49.2 cm³/mol. The van der Waals surface area contributed by atoms with Crippen molar-refractivity contribution in [3.05, 3.63) is 0 Å². The van der Waals surface area contributed by atoms with Gasteiger partial charge in [-0.25, -0.2) is 0 Å². The Morgan fingerprint density at radius 3 is 1.40 bits per heavy atom. The van der Waals surface area contributed by atoms with Gasteiger partial charge < -0.3 is 9.47 Å². The predicted octanol–water partition coefficient (Wildman–Crippen LogP) is 1.81. The molecule has 0 unspecified atom stereocenters. The highest BCUT2D eigenvalue weighted by Crippen LogP contribution is 1.84. The lowest BCUT2D eigenvalue weighted by atomic mass is 10.7. The van der Waals surface area contributed by atoms with Gasteiger partial charge in [0.1, 0.15) is 0 Å². The Labute approximate surface area is 78.5 Å². The van der Waals surface area contributed by atoms with Gasteiger partial charge in [-0.05, 0) is 0 Å². The summed E-state index contributed by atoms with van der Waals surface area (Å²) in [6.45, 7) is 2.91. The van der Waals surface area contributed by atoms with Gasteiger partial charge in [-0.2, -0.15) is 0 Å². The third-order valence-electron chi connectivity index (χ3n) is 0.815. The molecule has 0 radical (unpaired) electrons. The summed E-state index contributed by atoms with van der Waals surface area (Å²) in [5.74, 6) is 0. The minimum Gasteiger partial charge on any atom is -0.378 e. The quantitative estimate of drug-likeness (QED) is 0.521. The highest BCUT2D eigenvalue weighted by Gasteiger charge is 1.86. The first-order chi connectivity index (χ1) is 4.91. The van der Waals surface area contributed by atoms with E-state index in [9.17, 15) is 0 Å². The summed E-state index contributed by atoms with van der Waals surface area (Å²) < 4.78 is 10.3. The molecule has 0 saturated carbocycles. The second kappa shape index (κ2) is 9.88. The smallest absolute Gasteiger partial charge is 0.0700 e. The number of hydrogen-bond acceptors (Lipinski definition) is 2. The fraction of sp³-hybridized carbons (Fsp3) is 1.00. The lowest BCUT2D eigenvalue weighted by Crippen LogP contribution is -2.06. The molecule has 0 amide bonds. The van der Waals surface area contributed by atoms with Gasteiger partial charge in [-0.1, -0.05) is 31.9 Å². The molecule has 0 fully saturated rings. The van der Waals surface area contributed by atoms with Gasteiger partial charge in [0.05, 0.1) is 26.4 Å². The highest BCUT2D eigenvalue weighted by molar-refractivity contribution is 9.09. The average Bonchev–Trinajstić information content (AvgIpc) is 1.97. The molecule has 10 heavy (non-hydrogen) atoms. The molecule has 2 nitrogen and oxygen atoms in total. The van der Waals surface area contributed by atoms with Gasteiger partial charge in [-0.3, -0.25) is 0 Å². The van der Waals surface area contributed by atoms with E-state index < -0.39 is 0 Å². The molecule has 62 valence electrons. The molecular formula is C6H12Br2O2. The van der Waals surface area contributed by atoms with E-state index in [0.717, 1.165) is 23.9 Å².